The summed E-state index contributed by atoms with van der Waals surface area (Å²) in [6.45, 7) is 0. The molecule has 0 aromatic heterocycles. The Morgan fingerprint density at radius 1 is 1.33 bits per heavy atom. The minimum absolute atomic E-state index is 0.0808. The number of hydrogen-bond donors (Lipinski definition) is 2. The first-order chi connectivity index (χ1) is 8.14. The Kier molecular flexibility index (Phi) is 3.70. The molecule has 1 aromatic rings. The largest absolute Gasteiger partial charge is 0.493 e. The van der Waals surface area contributed by atoms with Crippen molar-refractivity contribution in [2.24, 2.45) is 5.73 Å². The molecule has 0 atom stereocenters. The maximum Gasteiger partial charge on any atom is 0.493 e. The van der Waals surface area contributed by atoms with Crippen LogP contribution in [0.3, 0.4) is 0 Å². The number of anilines is 1. The maximum absolute atomic E-state index is 12.6. The number of urea groups is 1. The van der Waals surface area contributed by atoms with Gasteiger partial charge in [-0.3, -0.25) is 0 Å². The van der Waals surface area contributed by atoms with Gasteiger partial charge in [-0.15, -0.1) is 13.2 Å². The quantitative estimate of drug-likeness (QED) is 0.817. The molecule has 0 spiro atoms. The minimum atomic E-state index is -5.14. The molecule has 0 aliphatic carbocycles. The summed E-state index contributed by atoms with van der Waals surface area (Å²) < 4.78 is 37.8. The third-order valence-corrected chi connectivity index (χ3v) is 2.14. The molecule has 9 heteroatoms. The molecule has 0 unspecified atom stereocenters. The third-order valence-electron chi connectivity index (χ3n) is 1.90. The van der Waals surface area contributed by atoms with Crippen molar-refractivity contribution in [1.29, 1.82) is 0 Å². The van der Waals surface area contributed by atoms with Gasteiger partial charge in [0.2, 0.25) is 0 Å². The Bertz CT molecular complexity index is 504. The van der Waals surface area contributed by atoms with Gasteiger partial charge in [0.1, 0.15) is 0 Å². The molecule has 0 heterocycles. The van der Waals surface area contributed by atoms with E-state index >= 15 is 0 Å². The van der Waals surface area contributed by atoms with E-state index in [1.54, 1.807) is 0 Å². The summed E-state index contributed by atoms with van der Waals surface area (Å²) in [5.41, 5.74) is 2.93. The van der Waals surface area contributed by atoms with Gasteiger partial charge in [0.05, 0.1) is 11.3 Å². The van der Waals surface area contributed by atoms with E-state index < -0.39 is 34.5 Å². The van der Waals surface area contributed by atoms with E-state index in [9.17, 15) is 22.8 Å². The zero-order valence-corrected chi connectivity index (χ0v) is 9.29. The van der Waals surface area contributed by atoms with Crippen LogP contribution in [0.2, 0.25) is 5.02 Å². The zero-order valence-electron chi connectivity index (χ0n) is 8.53. The van der Waals surface area contributed by atoms with Crippen LogP contribution in [-0.4, -0.2) is 23.4 Å². The Morgan fingerprint density at radius 3 is 2.28 bits per heavy atom. The van der Waals surface area contributed by atoms with Crippen LogP contribution >= 0.6 is 11.6 Å². The van der Waals surface area contributed by atoms with E-state index in [1.165, 1.54) is 0 Å². The fraction of sp³-hybridized carbons (Fsp3) is 0.111. The van der Waals surface area contributed by atoms with E-state index in [-0.39, 0.29) is 5.02 Å². The van der Waals surface area contributed by atoms with Gasteiger partial charge in [0.25, 0.3) is 0 Å². The lowest BCUT2D eigenvalue weighted by Crippen LogP contribution is -2.46. The molecule has 0 saturated carbocycles. The Hall–Kier alpha value is -1.96. The van der Waals surface area contributed by atoms with Gasteiger partial charge in [-0.25, -0.2) is 14.5 Å². The summed E-state index contributed by atoms with van der Waals surface area (Å²) in [7, 11) is 0. The summed E-state index contributed by atoms with van der Waals surface area (Å²) in [5, 5.41) is 8.70. The molecule has 0 saturated heterocycles. The van der Waals surface area contributed by atoms with Gasteiger partial charge < -0.3 is 10.8 Å². The number of halogens is 4. The summed E-state index contributed by atoms with van der Waals surface area (Å²) in [5.74, 6) is -1.66. The van der Waals surface area contributed by atoms with Crippen molar-refractivity contribution in [3.63, 3.8) is 0 Å². The second-order valence-corrected chi connectivity index (χ2v) is 3.54. The number of nitrogens with zero attached hydrogens (tertiary/aromatic N) is 1. The van der Waals surface area contributed by atoms with Gasteiger partial charge >= 0.3 is 18.3 Å². The number of hydrogen-bond acceptors (Lipinski definition) is 2. The molecule has 2 amide bonds. The molecule has 0 aliphatic rings. The molecule has 18 heavy (non-hydrogen) atoms. The SMILES string of the molecule is NC(=O)N(c1ccc(Cl)cc1C(=O)O)C(F)(F)F. The third kappa shape index (κ3) is 2.83. The van der Waals surface area contributed by atoms with Gasteiger partial charge in [-0.05, 0) is 18.2 Å². The highest BCUT2D eigenvalue weighted by Crippen LogP contribution is 2.32. The van der Waals surface area contributed by atoms with Gasteiger partial charge in [-0.1, -0.05) is 11.6 Å². The molecule has 0 radical (unpaired) electrons. The fourth-order valence-electron chi connectivity index (χ4n) is 1.25. The van der Waals surface area contributed by atoms with Crippen LogP contribution in [0.5, 0.6) is 0 Å². The van der Waals surface area contributed by atoms with Crippen molar-refractivity contribution in [1.82, 2.24) is 0 Å². The summed E-state index contributed by atoms with van der Waals surface area (Å²) in [4.78, 5) is 20.9. The van der Waals surface area contributed by atoms with Crippen LogP contribution in [0.15, 0.2) is 18.2 Å². The van der Waals surface area contributed by atoms with Crippen LogP contribution in [-0.2, 0) is 0 Å². The van der Waals surface area contributed by atoms with E-state index in [0.717, 1.165) is 18.2 Å². The molecule has 5 nitrogen and oxygen atoms in total. The lowest BCUT2D eigenvalue weighted by Gasteiger charge is -2.24. The zero-order chi connectivity index (χ0) is 14.1. The van der Waals surface area contributed by atoms with Crippen molar-refractivity contribution in [3.8, 4) is 0 Å². The summed E-state index contributed by atoms with van der Waals surface area (Å²) >= 11 is 5.48. The first-order valence-corrected chi connectivity index (χ1v) is 4.71. The van der Waals surface area contributed by atoms with E-state index in [4.69, 9.17) is 16.7 Å². The number of aromatic carboxylic acids is 1. The number of carboxylic acids is 1. The monoisotopic (exact) mass is 282 g/mol. The topological polar surface area (TPSA) is 83.6 Å². The van der Waals surface area contributed by atoms with Crippen LogP contribution in [0.4, 0.5) is 23.7 Å². The molecular weight excluding hydrogens is 277 g/mol. The fourth-order valence-corrected chi connectivity index (χ4v) is 1.43. The number of rotatable bonds is 2. The first kappa shape index (κ1) is 14.1. The second kappa shape index (κ2) is 4.73. The molecule has 0 bridgehead atoms. The molecule has 1 aromatic carbocycles. The van der Waals surface area contributed by atoms with Crippen molar-refractivity contribution in [3.05, 3.63) is 28.8 Å². The van der Waals surface area contributed by atoms with Crippen molar-refractivity contribution in [2.75, 3.05) is 4.90 Å². The minimum Gasteiger partial charge on any atom is -0.478 e. The highest BCUT2D eigenvalue weighted by atomic mass is 35.5. The average molecular weight is 283 g/mol. The summed E-state index contributed by atoms with van der Waals surface area (Å²) in [6.07, 6.45) is -5.14. The van der Waals surface area contributed by atoms with Gasteiger partial charge in [0, 0.05) is 5.02 Å². The number of carbonyl (C=O) groups is 2. The van der Waals surface area contributed by atoms with Gasteiger partial charge in [-0.2, -0.15) is 0 Å². The normalized spacial score (nSPS) is 11.1. The highest BCUT2D eigenvalue weighted by Gasteiger charge is 2.43. The van der Waals surface area contributed by atoms with Crippen molar-refractivity contribution in [2.45, 2.75) is 6.30 Å². The lowest BCUT2D eigenvalue weighted by molar-refractivity contribution is -0.120. The number of alkyl halides is 3. The Balaban J connectivity index is 3.47. The number of benzene rings is 1. The predicted octanol–water partition coefficient (Wildman–Crippen LogP) is 2.44. The van der Waals surface area contributed by atoms with Crippen LogP contribution in [0.25, 0.3) is 0 Å². The number of amides is 2. The Morgan fingerprint density at radius 2 is 1.89 bits per heavy atom. The standard InChI is InChI=1S/C9H6ClF3N2O3/c10-4-1-2-6(5(3-4)7(16)17)15(8(14)18)9(11,12)13/h1-3H,(H2,14,18)(H,16,17). The number of primary amides is 1. The van der Waals surface area contributed by atoms with Gasteiger partial charge in [0.15, 0.2) is 0 Å². The number of carbonyl (C=O) groups excluding carboxylic acids is 1. The van der Waals surface area contributed by atoms with E-state index in [0.29, 0.717) is 0 Å². The van der Waals surface area contributed by atoms with Crippen molar-refractivity contribution >= 4 is 29.3 Å². The first-order valence-electron chi connectivity index (χ1n) is 4.34. The second-order valence-electron chi connectivity index (χ2n) is 3.11. The molecular formula is C9H6ClF3N2O3. The molecule has 3 N–H and O–H groups in total. The predicted molar refractivity (Wildman–Crippen MR) is 56.5 cm³/mol. The van der Waals surface area contributed by atoms with Crippen LogP contribution < -0.4 is 10.6 Å². The lowest BCUT2D eigenvalue weighted by atomic mass is 10.1. The van der Waals surface area contributed by atoms with Crippen molar-refractivity contribution < 1.29 is 27.9 Å². The van der Waals surface area contributed by atoms with Crippen LogP contribution in [0.1, 0.15) is 10.4 Å². The average Bonchev–Trinajstić information content (AvgIpc) is 2.17. The molecule has 0 aliphatic heterocycles. The van der Waals surface area contributed by atoms with E-state index in [2.05, 4.69) is 5.73 Å². The van der Waals surface area contributed by atoms with E-state index in [1.807, 2.05) is 0 Å². The molecule has 98 valence electrons. The highest BCUT2D eigenvalue weighted by molar-refractivity contribution is 6.31. The Labute approximate surface area is 104 Å². The molecule has 0 fully saturated rings. The maximum atomic E-state index is 12.6. The number of carboxylic acid groups (broad SMARTS) is 1. The molecule has 1 rings (SSSR count). The number of nitrogens with two attached hydrogens (primary N) is 1. The van der Waals surface area contributed by atoms with Crippen LogP contribution in [0, 0.1) is 0 Å². The summed E-state index contributed by atoms with van der Waals surface area (Å²) in [6, 6.07) is 0.725. The smallest absolute Gasteiger partial charge is 0.478 e.